The molecule has 1 aliphatic heterocycles. The van der Waals surface area contributed by atoms with Crippen LogP contribution >= 0.6 is 11.3 Å². The monoisotopic (exact) mass is 331 g/mol. The number of hydrogen-bond acceptors (Lipinski definition) is 5. The second kappa shape index (κ2) is 7.34. The second-order valence-corrected chi connectivity index (χ2v) is 6.16. The van der Waals surface area contributed by atoms with Gasteiger partial charge in [0, 0.05) is 18.1 Å². The third-order valence-electron chi connectivity index (χ3n) is 3.59. The van der Waals surface area contributed by atoms with Gasteiger partial charge in [-0.3, -0.25) is 9.59 Å². The fourth-order valence-electron chi connectivity index (χ4n) is 2.42. The number of aromatic nitrogens is 1. The summed E-state index contributed by atoms with van der Waals surface area (Å²) in [7, 11) is 0. The number of benzene rings is 1. The van der Waals surface area contributed by atoms with Crippen LogP contribution in [0.5, 0.6) is 0 Å². The molecule has 1 aromatic carbocycles. The van der Waals surface area contributed by atoms with E-state index in [0.717, 1.165) is 10.6 Å². The summed E-state index contributed by atoms with van der Waals surface area (Å²) < 4.78 is 5.26. The van der Waals surface area contributed by atoms with Gasteiger partial charge < -0.3 is 15.0 Å². The molecule has 1 saturated heterocycles. The number of carbonyl (C=O) groups is 2. The van der Waals surface area contributed by atoms with E-state index in [4.69, 9.17) is 4.74 Å². The largest absolute Gasteiger partial charge is 0.369 e. The maximum Gasteiger partial charge on any atom is 0.249 e. The van der Waals surface area contributed by atoms with Crippen molar-refractivity contribution in [3.05, 3.63) is 52.5 Å². The third-order valence-corrected chi connectivity index (χ3v) is 4.37. The molecule has 0 radical (unpaired) electrons. The van der Waals surface area contributed by atoms with Crippen molar-refractivity contribution < 1.29 is 14.3 Å². The molecule has 2 heterocycles. The summed E-state index contributed by atoms with van der Waals surface area (Å²) in [5.41, 5.74) is 0.987. The Morgan fingerprint density at radius 1 is 1.39 bits per heavy atom. The van der Waals surface area contributed by atoms with Gasteiger partial charge in [-0.25, -0.2) is 4.98 Å². The Hall–Kier alpha value is -2.25. The highest BCUT2D eigenvalue weighted by Crippen LogP contribution is 2.14. The molecule has 2 amide bonds. The maximum absolute atomic E-state index is 12.4. The topological polar surface area (TPSA) is 71.5 Å². The molecule has 0 spiro atoms. The first kappa shape index (κ1) is 15.6. The van der Waals surface area contributed by atoms with Gasteiger partial charge in [-0.2, -0.15) is 0 Å². The van der Waals surface area contributed by atoms with Gasteiger partial charge in [0.1, 0.15) is 17.7 Å². The van der Waals surface area contributed by atoms with E-state index in [1.54, 1.807) is 11.1 Å². The van der Waals surface area contributed by atoms with Crippen LogP contribution in [-0.2, 0) is 27.4 Å². The lowest BCUT2D eigenvalue weighted by molar-refractivity contribution is -0.155. The zero-order valence-corrected chi connectivity index (χ0v) is 13.3. The molecule has 0 aliphatic carbocycles. The van der Waals surface area contributed by atoms with Crippen LogP contribution in [0, 0.1) is 0 Å². The molecule has 1 atom stereocenters. The minimum Gasteiger partial charge on any atom is -0.369 e. The Balaban J connectivity index is 1.67. The molecule has 1 aromatic heterocycles. The highest BCUT2D eigenvalue weighted by molar-refractivity contribution is 7.09. The number of nitrogens with one attached hydrogen (secondary N) is 1. The van der Waals surface area contributed by atoms with Crippen molar-refractivity contribution in [3.63, 3.8) is 0 Å². The van der Waals surface area contributed by atoms with Gasteiger partial charge in [-0.1, -0.05) is 30.3 Å². The standard InChI is InChI=1S/C16H17N3O3S/c20-15-11-22-10-13(16(21)18-8-14-17-6-7-23-14)19(15)9-12-4-2-1-3-5-12/h1-7,13H,8-11H2,(H,18,21). The molecule has 1 aliphatic rings. The average Bonchev–Trinajstić information content (AvgIpc) is 3.09. The zero-order chi connectivity index (χ0) is 16.1. The number of amides is 2. The number of thiazole rings is 1. The number of hydrogen-bond donors (Lipinski definition) is 1. The Kier molecular flexibility index (Phi) is 4.99. The van der Waals surface area contributed by atoms with Gasteiger partial charge in [0.2, 0.25) is 11.8 Å². The molecule has 3 rings (SSSR count). The molecule has 120 valence electrons. The third kappa shape index (κ3) is 3.94. The van der Waals surface area contributed by atoms with Crippen molar-refractivity contribution in [1.82, 2.24) is 15.2 Å². The molecule has 2 aromatic rings. The van der Waals surface area contributed by atoms with E-state index in [0.29, 0.717) is 13.1 Å². The first-order valence-corrected chi connectivity index (χ1v) is 8.19. The fraction of sp³-hybridized carbons (Fsp3) is 0.312. The van der Waals surface area contributed by atoms with Crippen molar-refractivity contribution in [1.29, 1.82) is 0 Å². The van der Waals surface area contributed by atoms with Crippen LogP contribution < -0.4 is 5.32 Å². The van der Waals surface area contributed by atoms with Crippen LogP contribution in [0.15, 0.2) is 41.9 Å². The molecule has 7 heteroatoms. The van der Waals surface area contributed by atoms with Gasteiger partial charge >= 0.3 is 0 Å². The van der Waals surface area contributed by atoms with Crippen molar-refractivity contribution >= 4 is 23.2 Å². The number of morpholine rings is 1. The van der Waals surface area contributed by atoms with Crippen LogP contribution in [0.1, 0.15) is 10.6 Å². The highest BCUT2D eigenvalue weighted by atomic mass is 32.1. The van der Waals surface area contributed by atoms with E-state index < -0.39 is 6.04 Å². The number of nitrogens with zero attached hydrogens (tertiary/aromatic N) is 2. The molecule has 1 N–H and O–H groups in total. The molecule has 6 nitrogen and oxygen atoms in total. The number of ether oxygens (including phenoxy) is 1. The minimum absolute atomic E-state index is 0.0170. The fourth-order valence-corrected chi connectivity index (χ4v) is 2.98. The first-order valence-electron chi connectivity index (χ1n) is 7.31. The molecule has 1 unspecified atom stereocenters. The molecular weight excluding hydrogens is 314 g/mol. The lowest BCUT2D eigenvalue weighted by atomic mass is 10.1. The minimum atomic E-state index is -0.614. The molecule has 0 saturated carbocycles. The summed E-state index contributed by atoms with van der Waals surface area (Å²) >= 11 is 1.48. The van der Waals surface area contributed by atoms with E-state index in [1.807, 2.05) is 35.7 Å². The smallest absolute Gasteiger partial charge is 0.249 e. The van der Waals surface area contributed by atoms with Gasteiger partial charge in [-0.05, 0) is 5.56 Å². The Morgan fingerprint density at radius 3 is 2.96 bits per heavy atom. The number of rotatable bonds is 5. The average molecular weight is 331 g/mol. The summed E-state index contributed by atoms with van der Waals surface area (Å²) in [5.74, 6) is -0.390. The Bertz CT molecular complexity index is 660. The molecule has 23 heavy (non-hydrogen) atoms. The van der Waals surface area contributed by atoms with E-state index in [-0.39, 0.29) is 25.0 Å². The van der Waals surface area contributed by atoms with Crippen LogP contribution in [0.4, 0.5) is 0 Å². The van der Waals surface area contributed by atoms with Crippen LogP contribution in [0.2, 0.25) is 0 Å². The van der Waals surface area contributed by atoms with Gasteiger partial charge in [0.15, 0.2) is 0 Å². The van der Waals surface area contributed by atoms with E-state index in [9.17, 15) is 9.59 Å². The van der Waals surface area contributed by atoms with Gasteiger partial charge in [0.05, 0.1) is 13.2 Å². The lowest BCUT2D eigenvalue weighted by Crippen LogP contribution is -2.55. The summed E-state index contributed by atoms with van der Waals surface area (Å²) in [6.07, 6.45) is 1.70. The predicted molar refractivity (Wildman–Crippen MR) is 85.6 cm³/mol. The van der Waals surface area contributed by atoms with E-state index in [2.05, 4.69) is 10.3 Å². The van der Waals surface area contributed by atoms with Crippen molar-refractivity contribution in [2.24, 2.45) is 0 Å². The quantitative estimate of drug-likeness (QED) is 0.893. The van der Waals surface area contributed by atoms with Crippen LogP contribution in [0.3, 0.4) is 0 Å². The lowest BCUT2D eigenvalue weighted by Gasteiger charge is -2.34. The van der Waals surface area contributed by atoms with Crippen molar-refractivity contribution in [3.8, 4) is 0 Å². The van der Waals surface area contributed by atoms with Crippen molar-refractivity contribution in [2.45, 2.75) is 19.1 Å². The van der Waals surface area contributed by atoms with E-state index >= 15 is 0 Å². The predicted octanol–water partition coefficient (Wildman–Crippen LogP) is 1.19. The van der Waals surface area contributed by atoms with E-state index in [1.165, 1.54) is 11.3 Å². The highest BCUT2D eigenvalue weighted by Gasteiger charge is 2.33. The second-order valence-electron chi connectivity index (χ2n) is 5.18. The molecular formula is C16H17N3O3S. The van der Waals surface area contributed by atoms with Gasteiger partial charge in [0.25, 0.3) is 0 Å². The molecule has 0 bridgehead atoms. The summed E-state index contributed by atoms with van der Waals surface area (Å²) in [5, 5.41) is 5.51. The SMILES string of the molecule is O=C(NCc1nccs1)C1COCC(=O)N1Cc1ccccc1. The Labute approximate surface area is 138 Å². The number of carbonyl (C=O) groups excluding carboxylic acids is 2. The summed E-state index contributed by atoms with van der Waals surface area (Å²) in [6, 6.07) is 9.01. The normalized spacial score (nSPS) is 18.0. The van der Waals surface area contributed by atoms with Crippen LogP contribution in [0.25, 0.3) is 0 Å². The van der Waals surface area contributed by atoms with Crippen molar-refractivity contribution in [2.75, 3.05) is 13.2 Å². The van der Waals surface area contributed by atoms with Gasteiger partial charge in [-0.15, -0.1) is 11.3 Å². The Morgan fingerprint density at radius 2 is 2.22 bits per heavy atom. The zero-order valence-electron chi connectivity index (χ0n) is 12.5. The molecule has 1 fully saturated rings. The first-order chi connectivity index (χ1) is 11.2. The summed E-state index contributed by atoms with van der Waals surface area (Å²) in [4.78, 5) is 30.3. The van der Waals surface area contributed by atoms with Crippen LogP contribution in [-0.4, -0.2) is 41.0 Å². The maximum atomic E-state index is 12.4. The summed E-state index contributed by atoms with van der Waals surface area (Å²) in [6.45, 7) is 0.990.